The van der Waals surface area contributed by atoms with Crippen LogP contribution in [0.1, 0.15) is 24.0 Å². The number of esters is 1. The van der Waals surface area contributed by atoms with Crippen molar-refractivity contribution in [1.82, 2.24) is 0 Å². The van der Waals surface area contributed by atoms with Gasteiger partial charge < -0.3 is 4.74 Å². The van der Waals surface area contributed by atoms with Gasteiger partial charge in [0.15, 0.2) is 5.92 Å². The van der Waals surface area contributed by atoms with E-state index in [4.69, 9.17) is 5.26 Å². The lowest BCUT2D eigenvalue weighted by Crippen LogP contribution is -2.20. The van der Waals surface area contributed by atoms with Gasteiger partial charge in [-0.3, -0.25) is 4.79 Å². The molecule has 0 fully saturated rings. The monoisotopic (exact) mass is 271 g/mol. The number of ether oxygens (including phenoxy) is 1. The van der Waals surface area contributed by atoms with Crippen LogP contribution in [0, 0.1) is 17.2 Å². The highest BCUT2D eigenvalue weighted by atomic mass is 19.4. The predicted molar refractivity (Wildman–Crippen MR) is 61.0 cm³/mol. The maximum Gasteiger partial charge on any atom is 0.416 e. The van der Waals surface area contributed by atoms with E-state index in [0.29, 0.717) is 5.56 Å². The third-order valence-electron chi connectivity index (χ3n) is 2.86. The van der Waals surface area contributed by atoms with Crippen LogP contribution < -0.4 is 0 Å². The zero-order chi connectivity index (χ0) is 14.6. The van der Waals surface area contributed by atoms with Crippen LogP contribution in [0.2, 0.25) is 0 Å². The molecule has 6 heteroatoms. The van der Waals surface area contributed by atoms with Gasteiger partial charge in [0.1, 0.15) is 0 Å². The summed E-state index contributed by atoms with van der Waals surface area (Å²) in [5.41, 5.74) is -0.292. The Balaban J connectivity index is 2.98. The number of nitrogens with zero attached hydrogens (tertiary/aromatic N) is 1. The minimum Gasteiger partial charge on any atom is -0.468 e. The van der Waals surface area contributed by atoms with Crippen molar-refractivity contribution in [2.45, 2.75) is 19.0 Å². The van der Waals surface area contributed by atoms with Crippen molar-refractivity contribution in [2.75, 3.05) is 7.11 Å². The molecule has 0 saturated heterocycles. The first-order chi connectivity index (χ1) is 8.81. The Kier molecular flexibility index (Phi) is 4.54. The highest BCUT2D eigenvalue weighted by Crippen LogP contribution is 2.31. The number of nitriles is 1. The number of benzene rings is 1. The van der Waals surface area contributed by atoms with Crippen LogP contribution in [0.4, 0.5) is 13.2 Å². The van der Waals surface area contributed by atoms with Crippen LogP contribution in [-0.4, -0.2) is 13.1 Å². The van der Waals surface area contributed by atoms with Crippen molar-refractivity contribution in [2.24, 2.45) is 5.92 Å². The van der Waals surface area contributed by atoms with Crippen molar-refractivity contribution in [1.29, 1.82) is 5.26 Å². The summed E-state index contributed by atoms with van der Waals surface area (Å²) in [6, 6.07) is 6.18. The average Bonchev–Trinajstić information content (AvgIpc) is 2.38. The number of hydrogen-bond donors (Lipinski definition) is 0. The fourth-order valence-corrected chi connectivity index (χ4v) is 1.66. The molecule has 2 unspecified atom stereocenters. The molecule has 0 aromatic heterocycles. The van der Waals surface area contributed by atoms with E-state index in [1.807, 2.05) is 0 Å². The molecular formula is C13H12F3NO2. The highest BCUT2D eigenvalue weighted by molar-refractivity contribution is 5.76. The van der Waals surface area contributed by atoms with E-state index in [1.165, 1.54) is 12.1 Å². The minimum absolute atomic E-state index is 0.477. The molecule has 0 aliphatic rings. The van der Waals surface area contributed by atoms with Gasteiger partial charge in [0.25, 0.3) is 0 Å². The Morgan fingerprint density at radius 2 is 1.84 bits per heavy atom. The van der Waals surface area contributed by atoms with Crippen molar-refractivity contribution in [3.8, 4) is 6.07 Å². The molecule has 0 aliphatic carbocycles. The van der Waals surface area contributed by atoms with Crippen molar-refractivity contribution < 1.29 is 22.7 Å². The zero-order valence-corrected chi connectivity index (χ0v) is 10.4. The smallest absolute Gasteiger partial charge is 0.416 e. The molecule has 0 bridgehead atoms. The number of hydrogen-bond acceptors (Lipinski definition) is 3. The molecule has 0 radical (unpaired) electrons. The van der Waals surface area contributed by atoms with E-state index in [0.717, 1.165) is 19.2 Å². The second kappa shape index (κ2) is 5.74. The molecule has 0 saturated carbocycles. The van der Waals surface area contributed by atoms with Crippen molar-refractivity contribution in [3.05, 3.63) is 35.4 Å². The lowest BCUT2D eigenvalue weighted by Gasteiger charge is -2.16. The Hall–Kier alpha value is -2.03. The van der Waals surface area contributed by atoms with Crippen LogP contribution in [0.3, 0.4) is 0 Å². The second-order valence-electron chi connectivity index (χ2n) is 4.04. The van der Waals surface area contributed by atoms with Gasteiger partial charge in [0.05, 0.1) is 18.7 Å². The summed E-state index contributed by atoms with van der Waals surface area (Å²) in [7, 11) is 1.16. The molecule has 0 N–H and O–H groups in total. The summed E-state index contributed by atoms with van der Waals surface area (Å²) in [5.74, 6) is -2.28. The molecule has 3 nitrogen and oxygen atoms in total. The summed E-state index contributed by atoms with van der Waals surface area (Å²) in [4.78, 5) is 11.4. The van der Waals surface area contributed by atoms with Gasteiger partial charge >= 0.3 is 12.1 Å². The molecule has 1 aromatic rings. The predicted octanol–water partition coefficient (Wildman–Crippen LogP) is 3.12. The Morgan fingerprint density at radius 3 is 2.21 bits per heavy atom. The Bertz CT molecular complexity index is 488. The molecule has 0 amide bonds. The maximum atomic E-state index is 12.4. The first-order valence-electron chi connectivity index (χ1n) is 5.46. The van der Waals surface area contributed by atoms with Gasteiger partial charge in [0, 0.05) is 5.92 Å². The van der Waals surface area contributed by atoms with E-state index in [-0.39, 0.29) is 0 Å². The van der Waals surface area contributed by atoms with E-state index in [1.54, 1.807) is 13.0 Å². The lowest BCUT2D eigenvalue weighted by molar-refractivity contribution is -0.144. The summed E-state index contributed by atoms with van der Waals surface area (Å²) >= 11 is 0. The van der Waals surface area contributed by atoms with E-state index in [2.05, 4.69) is 4.74 Å². The number of rotatable bonds is 3. The van der Waals surface area contributed by atoms with Crippen LogP contribution in [0.5, 0.6) is 0 Å². The van der Waals surface area contributed by atoms with Gasteiger partial charge in [-0.1, -0.05) is 19.1 Å². The van der Waals surface area contributed by atoms with Gasteiger partial charge in [-0.25, -0.2) is 0 Å². The SMILES string of the molecule is COC(=O)C(C#N)C(C)c1ccc(C(F)(F)F)cc1. The fourth-order valence-electron chi connectivity index (χ4n) is 1.66. The molecule has 0 aliphatic heterocycles. The number of methoxy groups -OCH3 is 1. The van der Waals surface area contributed by atoms with Crippen molar-refractivity contribution >= 4 is 5.97 Å². The number of halogens is 3. The summed E-state index contributed by atoms with van der Waals surface area (Å²) < 4.78 is 41.7. The number of alkyl halides is 3. The fraction of sp³-hybridized carbons (Fsp3) is 0.385. The molecule has 2 atom stereocenters. The first kappa shape index (κ1) is 15.0. The third kappa shape index (κ3) is 3.47. The van der Waals surface area contributed by atoms with Gasteiger partial charge in [0.2, 0.25) is 0 Å². The normalized spacial score (nSPS) is 14.3. The quantitative estimate of drug-likeness (QED) is 0.793. The summed E-state index contributed by atoms with van der Waals surface area (Å²) in [6.45, 7) is 1.59. The standard InChI is InChI=1S/C13H12F3NO2/c1-8(11(7-17)12(18)19-2)9-3-5-10(6-4-9)13(14,15)16/h3-6,8,11H,1-2H3. The molecular weight excluding hydrogens is 259 g/mol. The molecule has 0 heterocycles. The van der Waals surface area contributed by atoms with E-state index >= 15 is 0 Å². The highest BCUT2D eigenvalue weighted by Gasteiger charge is 2.31. The van der Waals surface area contributed by atoms with Gasteiger partial charge in [-0.2, -0.15) is 18.4 Å². The summed E-state index contributed by atoms with van der Waals surface area (Å²) in [5, 5.41) is 8.91. The maximum absolute atomic E-state index is 12.4. The Labute approximate surface area is 108 Å². The molecule has 102 valence electrons. The average molecular weight is 271 g/mol. The van der Waals surface area contributed by atoms with Crippen molar-refractivity contribution in [3.63, 3.8) is 0 Å². The van der Waals surface area contributed by atoms with Crippen LogP contribution >= 0.6 is 0 Å². The van der Waals surface area contributed by atoms with E-state index < -0.39 is 29.5 Å². The Morgan fingerprint density at radius 1 is 1.32 bits per heavy atom. The van der Waals surface area contributed by atoms with Gasteiger partial charge in [-0.15, -0.1) is 0 Å². The minimum atomic E-state index is -4.40. The summed E-state index contributed by atoms with van der Waals surface area (Å²) in [6.07, 6.45) is -4.40. The third-order valence-corrected chi connectivity index (χ3v) is 2.86. The second-order valence-corrected chi connectivity index (χ2v) is 4.04. The van der Waals surface area contributed by atoms with Gasteiger partial charge in [-0.05, 0) is 17.7 Å². The first-order valence-corrected chi connectivity index (χ1v) is 5.46. The van der Waals surface area contributed by atoms with Crippen LogP contribution in [-0.2, 0) is 15.7 Å². The van der Waals surface area contributed by atoms with E-state index in [9.17, 15) is 18.0 Å². The van der Waals surface area contributed by atoms with Crippen LogP contribution in [0.15, 0.2) is 24.3 Å². The van der Waals surface area contributed by atoms with Crippen LogP contribution in [0.25, 0.3) is 0 Å². The largest absolute Gasteiger partial charge is 0.468 e. The topological polar surface area (TPSA) is 50.1 Å². The molecule has 19 heavy (non-hydrogen) atoms. The lowest BCUT2D eigenvalue weighted by atomic mass is 9.88. The molecule has 1 rings (SSSR count). The molecule has 0 spiro atoms. The number of carbonyl (C=O) groups is 1. The zero-order valence-electron chi connectivity index (χ0n) is 10.4. The molecule has 1 aromatic carbocycles. The number of carbonyl (C=O) groups excluding carboxylic acids is 1.